The summed E-state index contributed by atoms with van der Waals surface area (Å²) in [5, 5.41) is 10.4. The molecule has 0 saturated carbocycles. The fourth-order valence-corrected chi connectivity index (χ4v) is 3.51. The summed E-state index contributed by atoms with van der Waals surface area (Å²) < 4.78 is 1.55. The molecular weight excluding hydrogens is 320 g/mol. The van der Waals surface area contributed by atoms with E-state index in [1.807, 2.05) is 31.2 Å². The van der Waals surface area contributed by atoms with Gasteiger partial charge in [-0.05, 0) is 31.9 Å². The highest BCUT2D eigenvalue weighted by molar-refractivity contribution is 6.06. The van der Waals surface area contributed by atoms with Gasteiger partial charge in [0.15, 0.2) is 0 Å². The van der Waals surface area contributed by atoms with Gasteiger partial charge >= 0.3 is 0 Å². The summed E-state index contributed by atoms with van der Waals surface area (Å²) in [5.74, 6) is -0.0282. The van der Waals surface area contributed by atoms with Crippen LogP contribution >= 0.6 is 0 Å². The lowest BCUT2D eigenvalue weighted by molar-refractivity contribution is -0.137. The molecule has 4 rings (SSSR count). The summed E-state index contributed by atoms with van der Waals surface area (Å²) >= 11 is 0. The van der Waals surface area contributed by atoms with Crippen molar-refractivity contribution in [3.05, 3.63) is 36.9 Å². The van der Waals surface area contributed by atoms with Gasteiger partial charge in [0.05, 0.1) is 11.4 Å². The number of nitrogens with one attached hydrogen (secondary N) is 2. The van der Waals surface area contributed by atoms with E-state index >= 15 is 0 Å². The van der Waals surface area contributed by atoms with E-state index in [-0.39, 0.29) is 11.8 Å². The molecule has 0 radical (unpaired) electrons. The molecule has 25 heavy (non-hydrogen) atoms. The Kier molecular flexibility index (Phi) is 3.67. The van der Waals surface area contributed by atoms with Crippen LogP contribution in [0.5, 0.6) is 0 Å². The molecule has 0 aliphatic carbocycles. The van der Waals surface area contributed by atoms with E-state index in [1.54, 1.807) is 15.9 Å². The van der Waals surface area contributed by atoms with Crippen LogP contribution in [0, 0.1) is 0 Å². The molecule has 1 saturated heterocycles. The zero-order valence-electron chi connectivity index (χ0n) is 14.0. The zero-order valence-corrected chi connectivity index (χ0v) is 14.0. The Morgan fingerprint density at radius 3 is 2.64 bits per heavy atom. The van der Waals surface area contributed by atoms with Crippen molar-refractivity contribution in [2.75, 3.05) is 23.7 Å². The first-order chi connectivity index (χ1) is 12.1. The lowest BCUT2D eigenvalue weighted by atomic mass is 9.84. The number of rotatable bonds is 2. The third-order valence-electron chi connectivity index (χ3n) is 5.10. The van der Waals surface area contributed by atoms with Gasteiger partial charge in [-0.25, -0.2) is 9.67 Å². The number of hydrogen-bond acceptors (Lipinski definition) is 5. The minimum Gasteiger partial charge on any atom is -0.369 e. The average molecular weight is 340 g/mol. The van der Waals surface area contributed by atoms with Crippen molar-refractivity contribution < 1.29 is 9.59 Å². The molecule has 8 heteroatoms. The fraction of sp³-hybridized carbons (Fsp3) is 0.412. The second kappa shape index (κ2) is 5.87. The van der Waals surface area contributed by atoms with Crippen LogP contribution in [0.2, 0.25) is 0 Å². The van der Waals surface area contributed by atoms with Gasteiger partial charge in [-0.2, -0.15) is 5.10 Å². The van der Waals surface area contributed by atoms with E-state index in [1.165, 1.54) is 6.33 Å². The SMILES string of the molecule is C[C@@H](C(=O)N1CCC2(CC1)Nc1ccccc1NC2=O)n1cncn1. The van der Waals surface area contributed by atoms with Gasteiger partial charge in [0.1, 0.15) is 24.2 Å². The molecule has 0 unspecified atom stereocenters. The van der Waals surface area contributed by atoms with Gasteiger partial charge in [-0.15, -0.1) is 0 Å². The average Bonchev–Trinajstić information content (AvgIpc) is 3.17. The van der Waals surface area contributed by atoms with E-state index in [0.717, 1.165) is 11.4 Å². The number of nitrogens with zero attached hydrogens (tertiary/aromatic N) is 4. The zero-order chi connectivity index (χ0) is 17.4. The highest BCUT2D eigenvalue weighted by atomic mass is 16.2. The molecule has 1 aromatic carbocycles. The van der Waals surface area contributed by atoms with Gasteiger partial charge in [-0.1, -0.05) is 12.1 Å². The summed E-state index contributed by atoms with van der Waals surface area (Å²) in [4.78, 5) is 31.0. The number of aromatic nitrogens is 3. The molecular formula is C17H20N6O2. The molecule has 2 aliphatic rings. The van der Waals surface area contributed by atoms with Crippen molar-refractivity contribution >= 4 is 23.2 Å². The number of amides is 2. The van der Waals surface area contributed by atoms with Crippen molar-refractivity contribution in [1.29, 1.82) is 0 Å². The number of para-hydroxylation sites is 2. The maximum Gasteiger partial charge on any atom is 0.250 e. The van der Waals surface area contributed by atoms with Crippen LogP contribution in [0.1, 0.15) is 25.8 Å². The molecule has 1 aromatic heterocycles. The Morgan fingerprint density at radius 1 is 1.24 bits per heavy atom. The number of carbonyl (C=O) groups is 2. The van der Waals surface area contributed by atoms with Crippen molar-refractivity contribution in [2.24, 2.45) is 0 Å². The maximum absolute atomic E-state index is 12.7. The molecule has 1 spiro atoms. The second-order valence-corrected chi connectivity index (χ2v) is 6.58. The van der Waals surface area contributed by atoms with Crippen molar-refractivity contribution in [3.8, 4) is 0 Å². The number of carbonyl (C=O) groups excluding carboxylic acids is 2. The molecule has 3 heterocycles. The lowest BCUT2D eigenvalue weighted by Crippen LogP contribution is -2.59. The number of benzene rings is 1. The third-order valence-corrected chi connectivity index (χ3v) is 5.10. The van der Waals surface area contributed by atoms with Crippen LogP contribution < -0.4 is 10.6 Å². The summed E-state index contributed by atoms with van der Waals surface area (Å²) in [6.45, 7) is 2.87. The van der Waals surface area contributed by atoms with Crippen LogP contribution in [0.4, 0.5) is 11.4 Å². The maximum atomic E-state index is 12.7. The molecule has 2 aromatic rings. The number of fused-ring (bicyclic) bond motifs is 1. The first kappa shape index (κ1) is 15.6. The fourth-order valence-electron chi connectivity index (χ4n) is 3.51. The molecule has 2 amide bonds. The largest absolute Gasteiger partial charge is 0.369 e. The van der Waals surface area contributed by atoms with Crippen molar-refractivity contribution in [1.82, 2.24) is 19.7 Å². The van der Waals surface area contributed by atoms with Crippen LogP contribution in [0.25, 0.3) is 0 Å². The number of piperidine rings is 1. The van der Waals surface area contributed by atoms with Gasteiger partial charge < -0.3 is 15.5 Å². The number of likely N-dealkylation sites (tertiary alicyclic amines) is 1. The molecule has 130 valence electrons. The van der Waals surface area contributed by atoms with Crippen LogP contribution in [0.3, 0.4) is 0 Å². The molecule has 2 N–H and O–H groups in total. The lowest BCUT2D eigenvalue weighted by Gasteiger charge is -2.44. The molecule has 2 aliphatic heterocycles. The third kappa shape index (κ3) is 2.63. The van der Waals surface area contributed by atoms with E-state index in [9.17, 15) is 9.59 Å². The van der Waals surface area contributed by atoms with E-state index in [4.69, 9.17) is 0 Å². The Labute approximate surface area is 145 Å². The molecule has 0 bridgehead atoms. The molecule has 1 fully saturated rings. The Hall–Kier alpha value is -2.90. The first-order valence-electron chi connectivity index (χ1n) is 8.41. The van der Waals surface area contributed by atoms with Gasteiger partial charge in [-0.3, -0.25) is 9.59 Å². The summed E-state index contributed by atoms with van der Waals surface area (Å²) in [5.41, 5.74) is 1.08. The summed E-state index contributed by atoms with van der Waals surface area (Å²) in [6, 6.07) is 7.28. The van der Waals surface area contributed by atoms with E-state index in [2.05, 4.69) is 20.7 Å². The van der Waals surface area contributed by atoms with Gasteiger partial charge in [0.25, 0.3) is 0 Å². The Bertz CT molecular complexity index is 795. The van der Waals surface area contributed by atoms with Crippen molar-refractivity contribution in [3.63, 3.8) is 0 Å². The van der Waals surface area contributed by atoms with Crippen LogP contribution in [0.15, 0.2) is 36.9 Å². The van der Waals surface area contributed by atoms with Gasteiger partial charge in [0.2, 0.25) is 11.8 Å². The molecule has 8 nitrogen and oxygen atoms in total. The normalized spacial score (nSPS) is 19.7. The second-order valence-electron chi connectivity index (χ2n) is 6.58. The summed E-state index contributed by atoms with van der Waals surface area (Å²) in [7, 11) is 0. The first-order valence-corrected chi connectivity index (χ1v) is 8.41. The highest BCUT2D eigenvalue weighted by Gasteiger charge is 2.45. The Morgan fingerprint density at radius 2 is 1.96 bits per heavy atom. The standard InChI is InChI=1S/C17H20N6O2/c1-12(23-11-18-10-19-23)15(24)22-8-6-17(7-9-22)16(25)20-13-4-2-3-5-14(13)21-17/h2-5,10-12,21H,6-9H2,1H3,(H,20,25)/t12-/m0/s1. The predicted molar refractivity (Wildman–Crippen MR) is 92.0 cm³/mol. The smallest absolute Gasteiger partial charge is 0.250 e. The van der Waals surface area contributed by atoms with E-state index in [0.29, 0.717) is 25.9 Å². The monoisotopic (exact) mass is 340 g/mol. The number of hydrogen-bond donors (Lipinski definition) is 2. The van der Waals surface area contributed by atoms with Gasteiger partial charge in [0, 0.05) is 13.1 Å². The quantitative estimate of drug-likeness (QED) is 0.859. The number of anilines is 2. The van der Waals surface area contributed by atoms with Crippen molar-refractivity contribution in [2.45, 2.75) is 31.3 Å². The predicted octanol–water partition coefficient (Wildman–Crippen LogP) is 1.26. The van der Waals surface area contributed by atoms with Crippen LogP contribution in [-0.2, 0) is 9.59 Å². The van der Waals surface area contributed by atoms with Crippen LogP contribution in [-0.4, -0.2) is 50.1 Å². The minimum atomic E-state index is -0.651. The minimum absolute atomic E-state index is 0.00281. The van der Waals surface area contributed by atoms with E-state index < -0.39 is 11.6 Å². The summed E-state index contributed by atoms with van der Waals surface area (Å²) in [6.07, 6.45) is 4.11. The highest BCUT2D eigenvalue weighted by Crippen LogP contribution is 2.36. The molecule has 1 atom stereocenters. The topological polar surface area (TPSA) is 92.2 Å². The Balaban J connectivity index is 1.46.